The molecule has 0 spiro atoms. The molecule has 0 aromatic heterocycles. The summed E-state index contributed by atoms with van der Waals surface area (Å²) in [6.45, 7) is 6.26. The first-order chi connectivity index (χ1) is 5.03. The van der Waals surface area contributed by atoms with Gasteiger partial charge in [0.15, 0.2) is 0 Å². The van der Waals surface area contributed by atoms with E-state index in [9.17, 15) is 5.11 Å². The zero-order chi connectivity index (χ0) is 8.48. The van der Waals surface area contributed by atoms with Crippen molar-refractivity contribution in [1.82, 2.24) is 0 Å². The third-order valence-electron chi connectivity index (χ3n) is 2.34. The molecule has 0 saturated heterocycles. The Hall–Kier alpha value is -0.300. The SMILES string of the molecule is CCC1=CC(C)CC(C)(O)C1. The minimum absolute atomic E-state index is 0.445. The highest BCUT2D eigenvalue weighted by Crippen LogP contribution is 2.32. The molecule has 1 aliphatic carbocycles. The van der Waals surface area contributed by atoms with E-state index in [1.165, 1.54) is 5.57 Å². The number of aliphatic hydroxyl groups is 1. The molecule has 64 valence electrons. The highest BCUT2D eigenvalue weighted by Gasteiger charge is 2.27. The molecule has 0 bridgehead atoms. The molecule has 2 atom stereocenters. The topological polar surface area (TPSA) is 20.2 Å². The van der Waals surface area contributed by atoms with Crippen molar-refractivity contribution in [3.63, 3.8) is 0 Å². The van der Waals surface area contributed by atoms with Gasteiger partial charge in [0.25, 0.3) is 0 Å². The van der Waals surface area contributed by atoms with Crippen LogP contribution in [0, 0.1) is 5.92 Å². The Kier molecular flexibility index (Phi) is 2.38. The Morgan fingerprint density at radius 2 is 2.36 bits per heavy atom. The molecule has 1 aliphatic rings. The molecular weight excluding hydrogens is 136 g/mol. The van der Waals surface area contributed by atoms with Gasteiger partial charge in [0.1, 0.15) is 0 Å². The normalized spacial score (nSPS) is 38.5. The van der Waals surface area contributed by atoms with E-state index < -0.39 is 5.60 Å². The van der Waals surface area contributed by atoms with Crippen LogP contribution in [0.15, 0.2) is 11.6 Å². The molecular formula is C10H18O. The third-order valence-corrected chi connectivity index (χ3v) is 2.34. The number of rotatable bonds is 1. The van der Waals surface area contributed by atoms with Crippen molar-refractivity contribution in [2.75, 3.05) is 0 Å². The van der Waals surface area contributed by atoms with Gasteiger partial charge in [-0.15, -0.1) is 0 Å². The third kappa shape index (κ3) is 2.33. The standard InChI is InChI=1S/C10H18O/c1-4-9-5-8(2)6-10(3,11)7-9/h5,8,11H,4,6-7H2,1-3H3. The quantitative estimate of drug-likeness (QED) is 0.575. The fourth-order valence-corrected chi connectivity index (χ4v) is 2.02. The fourth-order valence-electron chi connectivity index (χ4n) is 2.02. The molecule has 11 heavy (non-hydrogen) atoms. The van der Waals surface area contributed by atoms with Gasteiger partial charge in [0, 0.05) is 0 Å². The molecule has 0 heterocycles. The highest BCUT2D eigenvalue weighted by molar-refractivity contribution is 5.12. The van der Waals surface area contributed by atoms with E-state index in [-0.39, 0.29) is 0 Å². The van der Waals surface area contributed by atoms with Gasteiger partial charge in [-0.3, -0.25) is 0 Å². The molecule has 0 amide bonds. The van der Waals surface area contributed by atoms with Gasteiger partial charge < -0.3 is 5.11 Å². The minimum atomic E-state index is -0.445. The highest BCUT2D eigenvalue weighted by atomic mass is 16.3. The zero-order valence-electron chi connectivity index (χ0n) is 7.72. The Morgan fingerprint density at radius 1 is 1.73 bits per heavy atom. The van der Waals surface area contributed by atoms with Gasteiger partial charge in [-0.1, -0.05) is 25.5 Å². The van der Waals surface area contributed by atoms with Crippen LogP contribution < -0.4 is 0 Å². The van der Waals surface area contributed by atoms with Crippen LogP contribution >= 0.6 is 0 Å². The number of hydrogen-bond donors (Lipinski definition) is 1. The molecule has 0 aromatic carbocycles. The van der Waals surface area contributed by atoms with Crippen LogP contribution in [0.4, 0.5) is 0 Å². The molecule has 0 aromatic rings. The second-order valence-electron chi connectivity index (χ2n) is 4.03. The summed E-state index contributed by atoms with van der Waals surface area (Å²) >= 11 is 0. The van der Waals surface area contributed by atoms with Crippen LogP contribution in [0.2, 0.25) is 0 Å². The van der Waals surface area contributed by atoms with E-state index >= 15 is 0 Å². The Labute approximate surface area is 69.1 Å². The second kappa shape index (κ2) is 2.98. The van der Waals surface area contributed by atoms with Crippen molar-refractivity contribution in [1.29, 1.82) is 0 Å². The monoisotopic (exact) mass is 154 g/mol. The lowest BCUT2D eigenvalue weighted by atomic mass is 9.80. The van der Waals surface area contributed by atoms with Crippen molar-refractivity contribution < 1.29 is 5.11 Å². The summed E-state index contributed by atoms with van der Waals surface area (Å²) < 4.78 is 0. The van der Waals surface area contributed by atoms with Crippen LogP contribution in [-0.4, -0.2) is 10.7 Å². The first-order valence-electron chi connectivity index (χ1n) is 4.45. The maximum Gasteiger partial charge on any atom is 0.0662 e. The molecule has 0 radical (unpaired) electrons. The smallest absolute Gasteiger partial charge is 0.0662 e. The van der Waals surface area contributed by atoms with Crippen molar-refractivity contribution in [2.24, 2.45) is 5.92 Å². The molecule has 1 N–H and O–H groups in total. The maximum absolute atomic E-state index is 9.81. The first-order valence-corrected chi connectivity index (χ1v) is 4.45. The van der Waals surface area contributed by atoms with E-state index in [4.69, 9.17) is 0 Å². The largest absolute Gasteiger partial charge is 0.390 e. The zero-order valence-corrected chi connectivity index (χ0v) is 7.72. The first kappa shape index (κ1) is 8.79. The average Bonchev–Trinajstić information content (AvgIpc) is 1.83. The molecule has 1 rings (SSSR count). The minimum Gasteiger partial charge on any atom is -0.390 e. The van der Waals surface area contributed by atoms with Crippen molar-refractivity contribution in [3.8, 4) is 0 Å². The van der Waals surface area contributed by atoms with E-state index in [1.54, 1.807) is 0 Å². The molecule has 0 aliphatic heterocycles. The van der Waals surface area contributed by atoms with Crippen molar-refractivity contribution in [3.05, 3.63) is 11.6 Å². The van der Waals surface area contributed by atoms with E-state index in [2.05, 4.69) is 19.9 Å². The van der Waals surface area contributed by atoms with Crippen molar-refractivity contribution in [2.45, 2.75) is 45.6 Å². The summed E-state index contributed by atoms with van der Waals surface area (Å²) in [5.74, 6) is 0.550. The number of allylic oxidation sites excluding steroid dienone is 1. The van der Waals surface area contributed by atoms with Gasteiger partial charge in [-0.2, -0.15) is 0 Å². The molecule has 1 heteroatoms. The van der Waals surface area contributed by atoms with Crippen LogP contribution in [0.25, 0.3) is 0 Å². The average molecular weight is 154 g/mol. The Morgan fingerprint density at radius 3 is 2.82 bits per heavy atom. The van der Waals surface area contributed by atoms with Gasteiger partial charge >= 0.3 is 0 Å². The molecule has 0 fully saturated rings. The number of hydrogen-bond acceptors (Lipinski definition) is 1. The lowest BCUT2D eigenvalue weighted by molar-refractivity contribution is 0.0351. The Bertz CT molecular complexity index is 168. The second-order valence-corrected chi connectivity index (χ2v) is 4.03. The van der Waals surface area contributed by atoms with Gasteiger partial charge in [0.2, 0.25) is 0 Å². The van der Waals surface area contributed by atoms with Crippen LogP contribution in [0.1, 0.15) is 40.0 Å². The summed E-state index contributed by atoms with van der Waals surface area (Å²) in [6.07, 6.45) is 5.17. The summed E-state index contributed by atoms with van der Waals surface area (Å²) in [5.41, 5.74) is 0.966. The van der Waals surface area contributed by atoms with E-state index in [0.717, 1.165) is 19.3 Å². The van der Waals surface area contributed by atoms with Gasteiger partial charge in [-0.25, -0.2) is 0 Å². The lowest BCUT2D eigenvalue weighted by Gasteiger charge is -2.31. The van der Waals surface area contributed by atoms with Crippen LogP contribution in [0.5, 0.6) is 0 Å². The van der Waals surface area contributed by atoms with Crippen LogP contribution in [0.3, 0.4) is 0 Å². The van der Waals surface area contributed by atoms with Crippen LogP contribution in [-0.2, 0) is 0 Å². The fraction of sp³-hybridized carbons (Fsp3) is 0.800. The Balaban J connectivity index is 2.70. The van der Waals surface area contributed by atoms with Crippen molar-refractivity contribution >= 4 is 0 Å². The summed E-state index contributed by atoms with van der Waals surface area (Å²) in [6, 6.07) is 0. The van der Waals surface area contributed by atoms with Gasteiger partial charge in [-0.05, 0) is 32.1 Å². The lowest BCUT2D eigenvalue weighted by Crippen LogP contribution is -2.30. The predicted molar refractivity (Wildman–Crippen MR) is 47.4 cm³/mol. The molecule has 1 nitrogen and oxygen atoms in total. The van der Waals surface area contributed by atoms with E-state index in [1.807, 2.05) is 6.92 Å². The van der Waals surface area contributed by atoms with E-state index in [0.29, 0.717) is 5.92 Å². The maximum atomic E-state index is 9.81. The summed E-state index contributed by atoms with van der Waals surface area (Å²) in [5, 5.41) is 9.81. The molecule has 0 saturated carbocycles. The summed E-state index contributed by atoms with van der Waals surface area (Å²) in [7, 11) is 0. The summed E-state index contributed by atoms with van der Waals surface area (Å²) in [4.78, 5) is 0. The predicted octanol–water partition coefficient (Wildman–Crippen LogP) is 2.50. The van der Waals surface area contributed by atoms with Gasteiger partial charge in [0.05, 0.1) is 5.60 Å². The molecule has 2 unspecified atom stereocenters.